The Labute approximate surface area is 402 Å². The molecule has 2 amide bonds. The lowest BCUT2D eigenvalue weighted by Gasteiger charge is -2.30. The Kier molecular flexibility index (Phi) is 24.6. The van der Waals surface area contributed by atoms with E-state index in [2.05, 4.69) is 34.4 Å². The summed E-state index contributed by atoms with van der Waals surface area (Å²) < 4.78 is 62.4. The summed E-state index contributed by atoms with van der Waals surface area (Å²) in [7, 11) is -16.5. The van der Waals surface area contributed by atoms with Crippen molar-refractivity contribution in [2.75, 3.05) is 37.8 Å². The summed E-state index contributed by atoms with van der Waals surface area (Å²) >= 11 is 1.08. The highest BCUT2D eigenvalue weighted by Crippen LogP contribution is 2.61. The number of hydrogen-bond donors (Lipinski definition) is 10. The summed E-state index contributed by atoms with van der Waals surface area (Å²) in [6.07, 6.45) is 8.06. The molecule has 30 heteroatoms. The molecule has 388 valence electrons. The lowest BCUT2D eigenvalue weighted by atomic mass is 9.87. The number of aromatic nitrogens is 4. The molecule has 1 saturated heterocycles. The van der Waals surface area contributed by atoms with Gasteiger partial charge in [0.2, 0.25) is 11.8 Å². The number of ether oxygens (including phenoxy) is 1. The number of fused-ring (bicyclic) bond motifs is 1. The lowest BCUT2D eigenvalue weighted by molar-refractivity contribution is -0.137. The number of nitrogens with two attached hydrogens (primary N) is 1. The van der Waals surface area contributed by atoms with Crippen LogP contribution in [0.3, 0.4) is 0 Å². The van der Waals surface area contributed by atoms with Crippen molar-refractivity contribution < 1.29 is 90.4 Å². The van der Waals surface area contributed by atoms with Crippen LogP contribution < -0.4 is 16.4 Å². The second-order valence-corrected chi connectivity index (χ2v) is 21.5. The molecule has 3 heterocycles. The average Bonchev–Trinajstić information content (AvgIpc) is 3.83. The highest BCUT2D eigenvalue weighted by atomic mass is 32.2. The topological polar surface area (TPSA) is 401 Å². The van der Waals surface area contributed by atoms with E-state index >= 15 is 0 Å². The summed E-state index contributed by atoms with van der Waals surface area (Å²) in [4.78, 5) is 100. The van der Waals surface area contributed by atoms with E-state index in [0.717, 1.165) is 54.7 Å². The Morgan fingerprint density at radius 1 is 0.913 bits per heavy atom. The number of unbranched alkanes of at least 4 members (excludes halogenated alkanes) is 4. The van der Waals surface area contributed by atoms with Crippen LogP contribution in [0.5, 0.6) is 0 Å². The number of nitrogens with one attached hydrogen (secondary N) is 2. The van der Waals surface area contributed by atoms with Crippen molar-refractivity contribution >= 4 is 74.9 Å². The quantitative estimate of drug-likeness (QED) is 0.0218. The monoisotopic (exact) mass is 1060 g/mol. The van der Waals surface area contributed by atoms with Crippen LogP contribution in [0.25, 0.3) is 11.2 Å². The van der Waals surface area contributed by atoms with Crippen LogP contribution in [0.4, 0.5) is 5.82 Å². The first-order chi connectivity index (χ1) is 32.3. The number of hydrogen-bond acceptors (Lipinski definition) is 20. The van der Waals surface area contributed by atoms with Gasteiger partial charge in [0.1, 0.15) is 36.3 Å². The van der Waals surface area contributed by atoms with E-state index in [1.165, 1.54) is 19.9 Å². The minimum absolute atomic E-state index is 0.0198. The van der Waals surface area contributed by atoms with Gasteiger partial charge in [-0.1, -0.05) is 82.2 Å². The fourth-order valence-electron chi connectivity index (χ4n) is 6.17. The Morgan fingerprint density at radius 3 is 2.28 bits per heavy atom. The van der Waals surface area contributed by atoms with Crippen LogP contribution in [0.1, 0.15) is 84.8 Å². The van der Waals surface area contributed by atoms with Gasteiger partial charge in [-0.05, 0) is 25.3 Å². The highest BCUT2D eigenvalue weighted by Gasteiger charge is 2.50. The molecule has 2 aromatic rings. The molecule has 1 aliphatic rings. The molecular formula is C39H62N7O19P3S. The minimum Gasteiger partial charge on any atom is -0.389 e. The Hall–Kier alpha value is -3.59. The lowest BCUT2D eigenvalue weighted by Crippen LogP contribution is -2.46. The van der Waals surface area contributed by atoms with Crippen LogP contribution in [0, 0.1) is 5.41 Å². The Balaban J connectivity index is 1.31. The van der Waals surface area contributed by atoms with Crippen LogP contribution in [-0.2, 0) is 55.5 Å². The van der Waals surface area contributed by atoms with E-state index in [-0.39, 0.29) is 47.4 Å². The number of phosphoric acid groups is 3. The van der Waals surface area contributed by atoms with Gasteiger partial charge in [-0.3, -0.25) is 37.3 Å². The number of aliphatic hydroxyl groups is 3. The number of anilines is 1. The van der Waals surface area contributed by atoms with Gasteiger partial charge in [-0.2, -0.15) is 4.31 Å². The SMILES string of the molecule is CCC(O)/C=C/C=C/C=C/C(=O)CCCCCCCC(=O)SCCNC(=O)CCNC(=O)C(O)C(C)(C)COP(=O)(O)OP(=O)(O)OCC1OC(n2cnc3c(N)ncnc32)C(O)C1OP(=O)(O)O. The zero-order valence-electron chi connectivity index (χ0n) is 38.1. The largest absolute Gasteiger partial charge is 0.481 e. The number of rotatable bonds is 32. The fraction of sp³-hybridized carbons (Fsp3) is 0.615. The number of nitrogens with zero attached hydrogens (tertiary/aromatic N) is 4. The maximum Gasteiger partial charge on any atom is 0.481 e. The number of carbonyl (C=O) groups is 4. The van der Waals surface area contributed by atoms with Crippen molar-refractivity contribution in [1.82, 2.24) is 30.2 Å². The van der Waals surface area contributed by atoms with Crippen molar-refractivity contribution in [3.8, 4) is 0 Å². The summed E-state index contributed by atoms with van der Waals surface area (Å²) in [6, 6.07) is 0. The molecule has 0 radical (unpaired) electrons. The zero-order chi connectivity index (χ0) is 51.4. The van der Waals surface area contributed by atoms with E-state index in [1.54, 1.807) is 30.4 Å². The highest BCUT2D eigenvalue weighted by molar-refractivity contribution is 8.13. The number of phosphoric ester groups is 3. The molecule has 2 aromatic heterocycles. The molecule has 0 spiro atoms. The van der Waals surface area contributed by atoms with Gasteiger partial charge < -0.3 is 56.0 Å². The molecule has 0 bridgehead atoms. The Bertz CT molecular complexity index is 2260. The van der Waals surface area contributed by atoms with Crippen molar-refractivity contribution in [3.63, 3.8) is 0 Å². The fourth-order valence-corrected chi connectivity index (χ4v) is 9.72. The second-order valence-electron chi connectivity index (χ2n) is 16.1. The molecule has 0 saturated carbocycles. The number of aliphatic hydroxyl groups excluding tert-OH is 3. The van der Waals surface area contributed by atoms with E-state index in [1.807, 2.05) is 6.92 Å². The standard InChI is InChI=1S/C39H62N7O19P3S/c1-4-26(47)14-10-8-9-12-16-27(48)15-11-6-5-7-13-17-30(50)69-21-20-41-29(49)18-19-42-37(53)34(52)39(2,3)23-62-68(59,60)65-67(57,58)61-22-28-33(64-66(54,55)56)32(51)38(63-28)46-25-45-31-35(40)43-24-44-36(31)46/h8-10,12,14,16,24-26,28,32-34,38,47,51-52H,4-7,11,13,15,17-23H2,1-3H3,(H,41,49)(H,42,53)(H,57,58)(H,59,60)(H2,40,43,44)(H2,54,55,56)/b9-8+,14-10+,16-12+. The van der Waals surface area contributed by atoms with E-state index in [9.17, 15) is 67.8 Å². The molecule has 0 aliphatic carbocycles. The first-order valence-corrected chi connectivity index (χ1v) is 27.1. The number of carbonyl (C=O) groups excluding carboxylic acids is 4. The van der Waals surface area contributed by atoms with Gasteiger partial charge in [-0.25, -0.2) is 28.6 Å². The number of imidazole rings is 1. The third-order valence-corrected chi connectivity index (χ3v) is 14.0. The third kappa shape index (κ3) is 21.7. The van der Waals surface area contributed by atoms with E-state index in [4.69, 9.17) is 19.5 Å². The number of allylic oxidation sites excluding steroid dienone is 5. The molecule has 1 fully saturated rings. The molecule has 8 unspecified atom stereocenters. The first-order valence-electron chi connectivity index (χ1n) is 21.6. The summed E-state index contributed by atoms with van der Waals surface area (Å²) in [5.41, 5.74) is 4.24. The molecule has 0 aromatic carbocycles. The number of thioether (sulfide) groups is 1. The number of amides is 2. The average molecular weight is 1060 g/mol. The van der Waals surface area contributed by atoms with Gasteiger partial charge in [0, 0.05) is 43.5 Å². The molecular weight excluding hydrogens is 995 g/mol. The van der Waals surface area contributed by atoms with Crippen molar-refractivity contribution in [3.05, 3.63) is 49.1 Å². The number of nitrogen functional groups attached to an aromatic ring is 1. The maximum absolute atomic E-state index is 12.7. The Morgan fingerprint density at radius 2 is 1.58 bits per heavy atom. The van der Waals surface area contributed by atoms with Crippen LogP contribution in [0.2, 0.25) is 0 Å². The first kappa shape index (κ1) is 59.7. The molecule has 8 atom stereocenters. The molecule has 1 aliphatic heterocycles. The van der Waals surface area contributed by atoms with Gasteiger partial charge in [0.15, 0.2) is 28.6 Å². The second kappa shape index (κ2) is 28.4. The predicted molar refractivity (Wildman–Crippen MR) is 248 cm³/mol. The third-order valence-electron chi connectivity index (χ3n) is 9.94. The van der Waals surface area contributed by atoms with Crippen LogP contribution in [0.15, 0.2) is 49.1 Å². The van der Waals surface area contributed by atoms with Crippen LogP contribution in [-0.4, -0.2) is 140 Å². The normalized spacial score (nSPS) is 20.6. The van der Waals surface area contributed by atoms with Crippen molar-refractivity contribution in [2.45, 2.75) is 115 Å². The van der Waals surface area contributed by atoms with Gasteiger partial charge >= 0.3 is 23.5 Å². The maximum atomic E-state index is 12.7. The molecule has 69 heavy (non-hydrogen) atoms. The molecule has 26 nitrogen and oxygen atoms in total. The molecule has 11 N–H and O–H groups in total. The van der Waals surface area contributed by atoms with Gasteiger partial charge in [0.25, 0.3) is 0 Å². The van der Waals surface area contributed by atoms with E-state index < -0.39 is 90.7 Å². The van der Waals surface area contributed by atoms with Crippen LogP contribution >= 0.6 is 35.2 Å². The zero-order valence-corrected chi connectivity index (χ0v) is 41.6. The van der Waals surface area contributed by atoms with Gasteiger partial charge in [-0.15, -0.1) is 0 Å². The molecule has 3 rings (SSSR count). The van der Waals surface area contributed by atoms with E-state index in [0.29, 0.717) is 31.4 Å². The van der Waals surface area contributed by atoms with Crippen molar-refractivity contribution in [2.24, 2.45) is 5.41 Å². The summed E-state index contributed by atoms with van der Waals surface area (Å²) in [6.45, 7) is 2.29. The summed E-state index contributed by atoms with van der Waals surface area (Å²) in [5.74, 6) is -1.13. The minimum atomic E-state index is -5.59. The smallest absolute Gasteiger partial charge is 0.389 e. The number of ketones is 1. The summed E-state index contributed by atoms with van der Waals surface area (Å²) in [5, 5.41) is 36.0. The predicted octanol–water partition coefficient (Wildman–Crippen LogP) is 2.40. The van der Waals surface area contributed by atoms with Crippen molar-refractivity contribution in [1.29, 1.82) is 0 Å². The van der Waals surface area contributed by atoms with Gasteiger partial charge in [0.05, 0.1) is 25.6 Å².